The van der Waals surface area contributed by atoms with Gasteiger partial charge in [-0.3, -0.25) is 4.79 Å². The molecule has 32 heavy (non-hydrogen) atoms. The minimum absolute atomic E-state index is 0.0728. The first-order chi connectivity index (χ1) is 15.5. The van der Waals surface area contributed by atoms with E-state index in [1.54, 1.807) is 12.1 Å². The molecule has 4 rings (SSSR count). The number of aromatic nitrogens is 2. The summed E-state index contributed by atoms with van der Waals surface area (Å²) in [5, 5.41) is 4.21. The molecule has 1 fully saturated rings. The Morgan fingerprint density at radius 1 is 1.03 bits per heavy atom. The molecule has 168 valence electrons. The van der Waals surface area contributed by atoms with E-state index in [-0.39, 0.29) is 11.8 Å². The standard InChI is InChI=1S/C24H27N3O5/c1-15-7-5-6-8-18(15)23-25-22(26-32-23)16-9-11-27(12-10-16)24(28)17-13-19(29-2)21(31-4)20(14-17)30-3/h5-8,13-14,16H,9-12H2,1-4H3. The van der Waals surface area contributed by atoms with Gasteiger partial charge in [-0.05, 0) is 43.5 Å². The van der Waals surface area contributed by atoms with E-state index in [4.69, 9.17) is 18.7 Å². The molecule has 1 amide bonds. The fraction of sp³-hybridized carbons (Fsp3) is 0.375. The highest BCUT2D eigenvalue weighted by Gasteiger charge is 2.29. The van der Waals surface area contributed by atoms with E-state index in [0.717, 1.165) is 24.0 Å². The summed E-state index contributed by atoms with van der Waals surface area (Å²) in [7, 11) is 4.61. The predicted octanol–water partition coefficient (Wildman–Crippen LogP) is 4.09. The van der Waals surface area contributed by atoms with Gasteiger partial charge in [-0.1, -0.05) is 23.4 Å². The molecule has 1 aromatic heterocycles. The maximum Gasteiger partial charge on any atom is 0.258 e. The van der Waals surface area contributed by atoms with Crippen molar-refractivity contribution in [3.05, 3.63) is 53.3 Å². The normalized spacial score (nSPS) is 14.3. The zero-order valence-corrected chi connectivity index (χ0v) is 18.8. The lowest BCUT2D eigenvalue weighted by Gasteiger charge is -2.31. The van der Waals surface area contributed by atoms with Gasteiger partial charge < -0.3 is 23.6 Å². The minimum atomic E-state index is -0.0728. The van der Waals surface area contributed by atoms with Crippen molar-refractivity contribution in [2.75, 3.05) is 34.4 Å². The maximum absolute atomic E-state index is 13.1. The van der Waals surface area contributed by atoms with Gasteiger partial charge in [0.15, 0.2) is 17.3 Å². The first-order valence-corrected chi connectivity index (χ1v) is 10.5. The number of amides is 1. The smallest absolute Gasteiger partial charge is 0.258 e. The second-order valence-corrected chi connectivity index (χ2v) is 7.75. The third-order valence-corrected chi connectivity index (χ3v) is 5.88. The minimum Gasteiger partial charge on any atom is -0.493 e. The number of aryl methyl sites for hydroxylation is 1. The lowest BCUT2D eigenvalue weighted by atomic mass is 9.95. The van der Waals surface area contributed by atoms with Crippen LogP contribution >= 0.6 is 0 Å². The SMILES string of the molecule is COc1cc(C(=O)N2CCC(c3noc(-c4ccccc4C)n3)CC2)cc(OC)c1OC. The van der Waals surface area contributed by atoms with Crippen molar-refractivity contribution in [1.82, 2.24) is 15.0 Å². The van der Waals surface area contributed by atoms with E-state index >= 15 is 0 Å². The second kappa shape index (κ2) is 9.30. The Balaban J connectivity index is 1.45. The van der Waals surface area contributed by atoms with Crippen LogP contribution in [0.1, 0.15) is 40.5 Å². The van der Waals surface area contributed by atoms with Crippen molar-refractivity contribution in [3.8, 4) is 28.7 Å². The molecule has 0 unspecified atom stereocenters. The van der Waals surface area contributed by atoms with E-state index < -0.39 is 0 Å². The molecule has 8 nitrogen and oxygen atoms in total. The summed E-state index contributed by atoms with van der Waals surface area (Å²) in [5.41, 5.74) is 2.54. The Bertz CT molecular complexity index is 1080. The van der Waals surface area contributed by atoms with Gasteiger partial charge >= 0.3 is 0 Å². The molecule has 2 heterocycles. The largest absolute Gasteiger partial charge is 0.493 e. The molecule has 2 aromatic carbocycles. The van der Waals surface area contributed by atoms with E-state index in [1.165, 1.54) is 21.3 Å². The third-order valence-electron chi connectivity index (χ3n) is 5.88. The summed E-state index contributed by atoms with van der Waals surface area (Å²) in [6, 6.07) is 11.3. The molecule has 3 aromatic rings. The van der Waals surface area contributed by atoms with Gasteiger partial charge in [0.1, 0.15) is 0 Å². The molecule has 1 aliphatic heterocycles. The molecule has 1 aliphatic rings. The summed E-state index contributed by atoms with van der Waals surface area (Å²) in [6.07, 6.45) is 1.53. The lowest BCUT2D eigenvalue weighted by Crippen LogP contribution is -2.38. The van der Waals surface area contributed by atoms with Crippen LogP contribution in [0.5, 0.6) is 17.2 Å². The van der Waals surface area contributed by atoms with Crippen LogP contribution in [0, 0.1) is 6.92 Å². The first-order valence-electron chi connectivity index (χ1n) is 10.5. The first kappa shape index (κ1) is 21.7. The average molecular weight is 437 g/mol. The van der Waals surface area contributed by atoms with Crippen LogP contribution < -0.4 is 14.2 Å². The number of likely N-dealkylation sites (tertiary alicyclic amines) is 1. The number of methoxy groups -OCH3 is 3. The third kappa shape index (κ3) is 4.12. The molecule has 0 bridgehead atoms. The van der Waals surface area contributed by atoms with Gasteiger partial charge in [-0.2, -0.15) is 4.98 Å². The summed E-state index contributed by atoms with van der Waals surface area (Å²) in [6.45, 7) is 3.23. The summed E-state index contributed by atoms with van der Waals surface area (Å²) in [4.78, 5) is 19.6. The van der Waals surface area contributed by atoms with Crippen LogP contribution in [-0.4, -0.2) is 55.4 Å². The number of carbonyl (C=O) groups is 1. The van der Waals surface area contributed by atoms with Crippen molar-refractivity contribution in [2.24, 2.45) is 0 Å². The fourth-order valence-corrected chi connectivity index (χ4v) is 4.05. The Labute approximate surface area is 187 Å². The van der Waals surface area contributed by atoms with E-state index in [1.807, 2.05) is 36.1 Å². The summed E-state index contributed by atoms with van der Waals surface area (Å²) < 4.78 is 21.6. The Morgan fingerprint density at radius 2 is 1.69 bits per heavy atom. The molecule has 0 N–H and O–H groups in total. The molecule has 0 spiro atoms. The van der Waals surface area contributed by atoms with Crippen molar-refractivity contribution >= 4 is 5.91 Å². The van der Waals surface area contributed by atoms with Crippen LogP contribution in [0.15, 0.2) is 40.9 Å². The average Bonchev–Trinajstić information content (AvgIpc) is 3.33. The lowest BCUT2D eigenvalue weighted by molar-refractivity contribution is 0.0709. The van der Waals surface area contributed by atoms with Gasteiger partial charge in [0, 0.05) is 30.1 Å². The van der Waals surface area contributed by atoms with Gasteiger partial charge in [0.25, 0.3) is 11.8 Å². The zero-order chi connectivity index (χ0) is 22.7. The Kier molecular flexibility index (Phi) is 6.30. The number of carbonyl (C=O) groups excluding carboxylic acids is 1. The van der Waals surface area contributed by atoms with Gasteiger partial charge in [0.05, 0.1) is 21.3 Å². The highest BCUT2D eigenvalue weighted by Crippen LogP contribution is 2.39. The van der Waals surface area contributed by atoms with Gasteiger partial charge in [-0.25, -0.2) is 0 Å². The van der Waals surface area contributed by atoms with Crippen LogP contribution in [0.3, 0.4) is 0 Å². The number of hydrogen-bond acceptors (Lipinski definition) is 7. The molecular formula is C24H27N3O5. The number of rotatable bonds is 6. The monoisotopic (exact) mass is 437 g/mol. The van der Waals surface area contributed by atoms with Crippen LogP contribution in [0.2, 0.25) is 0 Å². The number of benzene rings is 2. The molecule has 0 aliphatic carbocycles. The molecule has 1 saturated heterocycles. The molecule has 0 saturated carbocycles. The molecule has 0 atom stereocenters. The Hall–Kier alpha value is -3.55. The number of hydrogen-bond donors (Lipinski definition) is 0. The Morgan fingerprint density at radius 3 is 2.28 bits per heavy atom. The van der Waals surface area contributed by atoms with E-state index in [0.29, 0.717) is 47.6 Å². The number of ether oxygens (including phenoxy) is 3. The molecule has 8 heteroatoms. The molecule has 0 radical (unpaired) electrons. The van der Waals surface area contributed by atoms with Crippen molar-refractivity contribution in [3.63, 3.8) is 0 Å². The highest BCUT2D eigenvalue weighted by atomic mass is 16.5. The highest BCUT2D eigenvalue weighted by molar-refractivity contribution is 5.95. The predicted molar refractivity (Wildman–Crippen MR) is 118 cm³/mol. The van der Waals surface area contributed by atoms with Crippen LogP contribution in [0.4, 0.5) is 0 Å². The quantitative estimate of drug-likeness (QED) is 0.574. The van der Waals surface area contributed by atoms with Gasteiger partial charge in [0.2, 0.25) is 5.75 Å². The molecular weight excluding hydrogens is 410 g/mol. The van der Waals surface area contributed by atoms with Crippen molar-refractivity contribution in [2.45, 2.75) is 25.7 Å². The van der Waals surface area contributed by atoms with Crippen LogP contribution in [0.25, 0.3) is 11.5 Å². The number of piperidine rings is 1. The zero-order valence-electron chi connectivity index (χ0n) is 18.8. The maximum atomic E-state index is 13.1. The van der Waals surface area contributed by atoms with Crippen molar-refractivity contribution < 1.29 is 23.5 Å². The summed E-state index contributed by atoms with van der Waals surface area (Å²) >= 11 is 0. The van der Waals surface area contributed by atoms with E-state index in [2.05, 4.69) is 10.1 Å². The second-order valence-electron chi connectivity index (χ2n) is 7.75. The van der Waals surface area contributed by atoms with Crippen LogP contribution in [-0.2, 0) is 0 Å². The van der Waals surface area contributed by atoms with Crippen molar-refractivity contribution in [1.29, 1.82) is 0 Å². The number of nitrogens with zero attached hydrogens (tertiary/aromatic N) is 3. The topological polar surface area (TPSA) is 86.9 Å². The summed E-state index contributed by atoms with van der Waals surface area (Å²) in [5.74, 6) is 2.70. The van der Waals surface area contributed by atoms with Gasteiger partial charge in [-0.15, -0.1) is 0 Å². The van der Waals surface area contributed by atoms with E-state index in [9.17, 15) is 4.79 Å². The fourth-order valence-electron chi connectivity index (χ4n) is 4.05.